The van der Waals surface area contributed by atoms with E-state index < -0.39 is 6.10 Å². The van der Waals surface area contributed by atoms with Crippen LogP contribution in [0.2, 0.25) is 0 Å². The topological polar surface area (TPSA) is 38.7 Å². The molecular formula is C16H14BrFO3. The number of rotatable bonds is 2. The van der Waals surface area contributed by atoms with Crippen molar-refractivity contribution in [3.63, 3.8) is 0 Å². The lowest BCUT2D eigenvalue weighted by molar-refractivity contribution is 0.219. The van der Waals surface area contributed by atoms with Gasteiger partial charge in [-0.3, -0.25) is 0 Å². The van der Waals surface area contributed by atoms with Crippen LogP contribution in [0.25, 0.3) is 0 Å². The van der Waals surface area contributed by atoms with Crippen molar-refractivity contribution in [3.8, 4) is 11.5 Å². The smallest absolute Gasteiger partial charge is 0.175 e. The van der Waals surface area contributed by atoms with Crippen LogP contribution in [0.4, 0.5) is 4.39 Å². The number of fused-ring (bicyclic) bond motifs is 1. The summed E-state index contributed by atoms with van der Waals surface area (Å²) in [7, 11) is 0. The van der Waals surface area contributed by atoms with Crippen molar-refractivity contribution >= 4 is 15.9 Å². The first-order chi connectivity index (χ1) is 10.1. The minimum atomic E-state index is -0.848. The van der Waals surface area contributed by atoms with Crippen LogP contribution in [-0.4, -0.2) is 18.3 Å². The number of hydrogen-bond acceptors (Lipinski definition) is 3. The van der Waals surface area contributed by atoms with Gasteiger partial charge >= 0.3 is 0 Å². The van der Waals surface area contributed by atoms with Gasteiger partial charge in [-0.15, -0.1) is 0 Å². The summed E-state index contributed by atoms with van der Waals surface area (Å²) in [4.78, 5) is 0. The minimum absolute atomic E-state index is 0.328. The molecule has 0 fully saturated rings. The van der Waals surface area contributed by atoms with Crippen LogP contribution in [-0.2, 0) is 0 Å². The lowest BCUT2D eigenvalue weighted by Crippen LogP contribution is -2.02. The Hall–Kier alpha value is -1.59. The molecule has 3 rings (SSSR count). The first-order valence-electron chi connectivity index (χ1n) is 6.68. The maximum Gasteiger partial charge on any atom is 0.175 e. The van der Waals surface area contributed by atoms with Gasteiger partial charge in [0.1, 0.15) is 11.9 Å². The molecule has 1 aliphatic rings. The van der Waals surface area contributed by atoms with Gasteiger partial charge in [0.2, 0.25) is 0 Å². The van der Waals surface area contributed by atoms with Crippen LogP contribution >= 0.6 is 15.9 Å². The van der Waals surface area contributed by atoms with Gasteiger partial charge in [-0.25, -0.2) is 4.39 Å². The fourth-order valence-corrected chi connectivity index (χ4v) is 2.82. The number of benzene rings is 2. The van der Waals surface area contributed by atoms with Crippen molar-refractivity contribution in [3.05, 3.63) is 57.8 Å². The Morgan fingerprint density at radius 2 is 1.76 bits per heavy atom. The van der Waals surface area contributed by atoms with Crippen molar-refractivity contribution in [2.24, 2.45) is 0 Å². The van der Waals surface area contributed by atoms with Gasteiger partial charge in [0.05, 0.1) is 17.7 Å². The molecule has 0 saturated carbocycles. The van der Waals surface area contributed by atoms with Gasteiger partial charge in [0.25, 0.3) is 0 Å². The molecule has 110 valence electrons. The highest BCUT2D eigenvalue weighted by Crippen LogP contribution is 2.40. The van der Waals surface area contributed by atoms with E-state index in [0.29, 0.717) is 35.8 Å². The molecule has 2 aromatic rings. The predicted octanol–water partition coefficient (Wildman–Crippen LogP) is 3.83. The van der Waals surface area contributed by atoms with E-state index in [1.807, 2.05) is 0 Å². The molecule has 0 aliphatic carbocycles. The van der Waals surface area contributed by atoms with Gasteiger partial charge in [-0.2, -0.15) is 0 Å². The van der Waals surface area contributed by atoms with Gasteiger partial charge in [-0.1, -0.05) is 12.1 Å². The van der Waals surface area contributed by atoms with E-state index in [0.717, 1.165) is 10.9 Å². The molecule has 21 heavy (non-hydrogen) atoms. The molecule has 0 spiro atoms. The molecular weight excluding hydrogens is 339 g/mol. The van der Waals surface area contributed by atoms with Crippen molar-refractivity contribution in [1.29, 1.82) is 0 Å². The van der Waals surface area contributed by atoms with Crippen LogP contribution in [0.5, 0.6) is 11.5 Å². The summed E-state index contributed by atoms with van der Waals surface area (Å²) in [5, 5.41) is 10.4. The Labute approximate surface area is 130 Å². The van der Waals surface area contributed by atoms with Gasteiger partial charge in [-0.05, 0) is 51.3 Å². The Balaban J connectivity index is 1.97. The first kappa shape index (κ1) is 14.4. The first-order valence-corrected chi connectivity index (χ1v) is 7.47. The maximum atomic E-state index is 13.0. The van der Waals surface area contributed by atoms with Crippen molar-refractivity contribution in [2.75, 3.05) is 13.2 Å². The minimum Gasteiger partial charge on any atom is -0.490 e. The Kier molecular flexibility index (Phi) is 4.12. The van der Waals surface area contributed by atoms with Crippen LogP contribution in [0.1, 0.15) is 23.7 Å². The summed E-state index contributed by atoms with van der Waals surface area (Å²) in [6.07, 6.45) is -0.0317. The molecule has 1 heterocycles. The summed E-state index contributed by atoms with van der Waals surface area (Å²) in [6, 6.07) is 9.35. The van der Waals surface area contributed by atoms with Crippen LogP contribution in [0, 0.1) is 5.82 Å². The van der Waals surface area contributed by atoms with Gasteiger partial charge in [0.15, 0.2) is 11.5 Å². The third-order valence-electron chi connectivity index (χ3n) is 3.33. The number of halogens is 2. The summed E-state index contributed by atoms with van der Waals surface area (Å²) >= 11 is 3.44. The molecule has 0 bridgehead atoms. The largest absolute Gasteiger partial charge is 0.490 e. The predicted molar refractivity (Wildman–Crippen MR) is 80.2 cm³/mol. The van der Waals surface area contributed by atoms with Crippen molar-refractivity contribution < 1.29 is 19.0 Å². The summed E-state index contributed by atoms with van der Waals surface area (Å²) in [6.45, 7) is 1.18. The zero-order chi connectivity index (χ0) is 14.8. The number of hydrogen-bond donors (Lipinski definition) is 1. The van der Waals surface area contributed by atoms with Crippen LogP contribution in [0.3, 0.4) is 0 Å². The quantitative estimate of drug-likeness (QED) is 0.892. The molecule has 0 radical (unpaired) electrons. The van der Waals surface area contributed by atoms with Crippen molar-refractivity contribution in [2.45, 2.75) is 12.5 Å². The number of aliphatic hydroxyl groups excluding tert-OH is 1. The van der Waals surface area contributed by atoms with Gasteiger partial charge in [0, 0.05) is 6.42 Å². The SMILES string of the molecule is OC(c1ccc(F)cc1)c1cc(Br)c2c(c1)OCCCO2. The second kappa shape index (κ2) is 6.03. The highest BCUT2D eigenvalue weighted by molar-refractivity contribution is 9.10. The Morgan fingerprint density at radius 1 is 1.05 bits per heavy atom. The molecule has 3 nitrogen and oxygen atoms in total. The van der Waals surface area contributed by atoms with E-state index in [9.17, 15) is 9.50 Å². The summed E-state index contributed by atoms with van der Waals surface area (Å²) < 4.78 is 25.0. The monoisotopic (exact) mass is 352 g/mol. The molecule has 5 heteroatoms. The Bertz CT molecular complexity index is 643. The highest BCUT2D eigenvalue weighted by atomic mass is 79.9. The molecule has 0 aromatic heterocycles. The molecule has 1 unspecified atom stereocenters. The fourth-order valence-electron chi connectivity index (χ4n) is 2.25. The molecule has 1 atom stereocenters. The zero-order valence-electron chi connectivity index (χ0n) is 11.2. The van der Waals surface area contributed by atoms with Crippen LogP contribution < -0.4 is 9.47 Å². The van der Waals surface area contributed by atoms with E-state index in [1.165, 1.54) is 12.1 Å². The number of ether oxygens (including phenoxy) is 2. The second-order valence-electron chi connectivity index (χ2n) is 4.83. The summed E-state index contributed by atoms with van der Waals surface area (Å²) in [5.41, 5.74) is 1.29. The molecule has 1 aliphatic heterocycles. The number of aliphatic hydroxyl groups is 1. The molecule has 1 N–H and O–H groups in total. The van der Waals surface area contributed by atoms with Gasteiger partial charge < -0.3 is 14.6 Å². The van der Waals surface area contributed by atoms with E-state index >= 15 is 0 Å². The third-order valence-corrected chi connectivity index (χ3v) is 3.92. The summed E-state index contributed by atoms with van der Waals surface area (Å²) in [5.74, 6) is 0.936. The van der Waals surface area contributed by atoms with E-state index in [-0.39, 0.29) is 5.82 Å². The second-order valence-corrected chi connectivity index (χ2v) is 5.69. The highest BCUT2D eigenvalue weighted by Gasteiger charge is 2.19. The average molecular weight is 353 g/mol. The van der Waals surface area contributed by atoms with E-state index in [1.54, 1.807) is 24.3 Å². The van der Waals surface area contributed by atoms with Crippen molar-refractivity contribution in [1.82, 2.24) is 0 Å². The Morgan fingerprint density at radius 3 is 2.52 bits per heavy atom. The normalized spacial score (nSPS) is 15.4. The standard InChI is InChI=1S/C16H14BrFO3/c17-13-8-11(9-14-16(13)21-7-1-6-20-14)15(19)10-2-4-12(18)5-3-10/h2-5,8-9,15,19H,1,6-7H2. The third kappa shape index (κ3) is 3.04. The van der Waals surface area contributed by atoms with Crippen LogP contribution in [0.15, 0.2) is 40.9 Å². The average Bonchev–Trinajstić information content (AvgIpc) is 2.73. The molecule has 0 amide bonds. The molecule has 2 aromatic carbocycles. The fraction of sp³-hybridized carbons (Fsp3) is 0.250. The maximum absolute atomic E-state index is 13.0. The van der Waals surface area contributed by atoms with E-state index in [4.69, 9.17) is 9.47 Å². The van der Waals surface area contributed by atoms with E-state index in [2.05, 4.69) is 15.9 Å². The zero-order valence-corrected chi connectivity index (χ0v) is 12.8. The lowest BCUT2D eigenvalue weighted by atomic mass is 10.0. The lowest BCUT2D eigenvalue weighted by Gasteiger charge is -2.16. The molecule has 0 saturated heterocycles.